The van der Waals surface area contributed by atoms with Crippen molar-refractivity contribution in [2.75, 3.05) is 13.2 Å². The third kappa shape index (κ3) is 4.43. The Balaban J connectivity index is 1.44. The Kier molecular flexibility index (Phi) is 5.63. The maximum absolute atomic E-state index is 12.8. The number of hydrazine groups is 1. The molecule has 10 heteroatoms. The topological polar surface area (TPSA) is 122 Å². The van der Waals surface area contributed by atoms with E-state index in [1.165, 1.54) is 24.3 Å². The van der Waals surface area contributed by atoms with Gasteiger partial charge in [-0.2, -0.15) is 0 Å². The highest BCUT2D eigenvalue weighted by atomic mass is 19.1. The van der Waals surface area contributed by atoms with Gasteiger partial charge in [-0.3, -0.25) is 39.7 Å². The Bertz CT molecular complexity index is 970. The maximum Gasteiger partial charge on any atom is 0.326 e. The fourth-order valence-electron chi connectivity index (χ4n) is 2.54. The minimum Gasteiger partial charge on any atom is -0.454 e. The first-order valence-electron chi connectivity index (χ1n) is 8.32. The normalized spacial score (nSPS) is 12.4. The molecule has 0 fully saturated rings. The van der Waals surface area contributed by atoms with Crippen molar-refractivity contribution in [2.24, 2.45) is 0 Å². The molecular weight excluding hydrogens is 385 g/mol. The SMILES string of the molecule is O=C(COC(=O)CN1C(=O)c2ccccc2C1=O)NNC(=O)c1ccc(F)cc1. The van der Waals surface area contributed by atoms with Gasteiger partial charge in [0.05, 0.1) is 11.1 Å². The Hall–Kier alpha value is -4.08. The first-order chi connectivity index (χ1) is 13.9. The summed E-state index contributed by atoms with van der Waals surface area (Å²) < 4.78 is 17.5. The van der Waals surface area contributed by atoms with E-state index in [2.05, 4.69) is 5.43 Å². The maximum atomic E-state index is 12.8. The van der Waals surface area contributed by atoms with Gasteiger partial charge in [-0.15, -0.1) is 0 Å². The zero-order valence-corrected chi connectivity index (χ0v) is 14.8. The minimum absolute atomic E-state index is 0.106. The molecule has 2 aromatic rings. The van der Waals surface area contributed by atoms with E-state index >= 15 is 0 Å². The predicted molar refractivity (Wildman–Crippen MR) is 94.8 cm³/mol. The molecule has 0 aliphatic carbocycles. The smallest absolute Gasteiger partial charge is 0.326 e. The number of nitrogens with one attached hydrogen (secondary N) is 2. The number of carbonyl (C=O) groups is 5. The number of rotatable bonds is 5. The van der Waals surface area contributed by atoms with Crippen LogP contribution in [0, 0.1) is 5.82 Å². The highest BCUT2D eigenvalue weighted by Gasteiger charge is 2.36. The molecule has 1 heterocycles. The van der Waals surface area contributed by atoms with Gasteiger partial charge in [0.1, 0.15) is 12.4 Å². The van der Waals surface area contributed by atoms with Crippen molar-refractivity contribution in [1.29, 1.82) is 0 Å². The summed E-state index contributed by atoms with van der Waals surface area (Å²) in [7, 11) is 0. The lowest BCUT2D eigenvalue weighted by Gasteiger charge is -2.13. The summed E-state index contributed by atoms with van der Waals surface area (Å²) in [6.07, 6.45) is 0. The van der Waals surface area contributed by atoms with Gasteiger partial charge in [-0.05, 0) is 36.4 Å². The van der Waals surface area contributed by atoms with Crippen molar-refractivity contribution in [2.45, 2.75) is 0 Å². The lowest BCUT2D eigenvalue weighted by atomic mass is 10.1. The minimum atomic E-state index is -0.973. The van der Waals surface area contributed by atoms with E-state index in [0.717, 1.165) is 17.0 Å². The van der Waals surface area contributed by atoms with E-state index in [1.807, 2.05) is 5.43 Å². The van der Waals surface area contributed by atoms with E-state index in [1.54, 1.807) is 12.1 Å². The lowest BCUT2D eigenvalue weighted by Crippen LogP contribution is -2.44. The second-order valence-corrected chi connectivity index (χ2v) is 5.91. The molecule has 1 aliphatic rings. The zero-order chi connectivity index (χ0) is 21.0. The van der Waals surface area contributed by atoms with Crippen molar-refractivity contribution < 1.29 is 33.1 Å². The van der Waals surface area contributed by atoms with Gasteiger partial charge in [0.2, 0.25) is 0 Å². The molecule has 2 aromatic carbocycles. The van der Waals surface area contributed by atoms with Gasteiger partial charge in [0, 0.05) is 5.56 Å². The lowest BCUT2D eigenvalue weighted by molar-refractivity contribution is -0.148. The zero-order valence-electron chi connectivity index (χ0n) is 14.8. The van der Waals surface area contributed by atoms with Crippen LogP contribution in [0.4, 0.5) is 4.39 Å². The van der Waals surface area contributed by atoms with Gasteiger partial charge < -0.3 is 4.74 Å². The standard InChI is InChI=1S/C19H14FN3O6/c20-12-7-5-11(6-8-12)17(26)22-21-15(24)10-29-16(25)9-23-18(27)13-3-1-2-4-14(13)19(23)28/h1-8H,9-10H2,(H,21,24)(H,22,26). The predicted octanol–water partition coefficient (Wildman–Crippen LogP) is 0.426. The number of fused-ring (bicyclic) bond motifs is 1. The fraction of sp³-hybridized carbons (Fsp3) is 0.105. The molecule has 29 heavy (non-hydrogen) atoms. The van der Waals surface area contributed by atoms with E-state index in [9.17, 15) is 28.4 Å². The van der Waals surface area contributed by atoms with Crippen LogP contribution in [-0.2, 0) is 14.3 Å². The Morgan fingerprint density at radius 1 is 0.897 bits per heavy atom. The van der Waals surface area contributed by atoms with Gasteiger partial charge in [-0.25, -0.2) is 4.39 Å². The number of halogens is 1. The third-order valence-electron chi connectivity index (χ3n) is 3.95. The summed E-state index contributed by atoms with van der Waals surface area (Å²) in [4.78, 5) is 60.4. The second kappa shape index (κ2) is 8.30. The first kappa shape index (κ1) is 19.7. The van der Waals surface area contributed by atoms with Gasteiger partial charge >= 0.3 is 5.97 Å². The van der Waals surface area contributed by atoms with Crippen molar-refractivity contribution in [1.82, 2.24) is 15.8 Å². The summed E-state index contributed by atoms with van der Waals surface area (Å²) in [5.74, 6) is -4.29. The molecule has 4 amide bonds. The highest BCUT2D eigenvalue weighted by Crippen LogP contribution is 2.22. The van der Waals surface area contributed by atoms with E-state index in [-0.39, 0.29) is 16.7 Å². The molecule has 0 unspecified atom stereocenters. The molecule has 0 spiro atoms. The van der Waals surface area contributed by atoms with E-state index in [4.69, 9.17) is 4.74 Å². The molecule has 0 radical (unpaired) electrons. The number of imide groups is 1. The molecule has 0 aromatic heterocycles. The molecule has 0 bridgehead atoms. The molecular formula is C19H14FN3O6. The quantitative estimate of drug-likeness (QED) is 0.427. The molecule has 148 valence electrons. The van der Waals surface area contributed by atoms with Crippen LogP contribution in [0.2, 0.25) is 0 Å². The van der Waals surface area contributed by atoms with Crippen molar-refractivity contribution in [3.63, 3.8) is 0 Å². The summed E-state index contributed by atoms with van der Waals surface area (Å²) in [6, 6.07) is 10.7. The van der Waals surface area contributed by atoms with Gasteiger partial charge in [0.15, 0.2) is 6.61 Å². The van der Waals surface area contributed by atoms with Crippen molar-refractivity contribution >= 4 is 29.6 Å². The molecule has 0 atom stereocenters. The van der Waals surface area contributed by atoms with Crippen LogP contribution >= 0.6 is 0 Å². The second-order valence-electron chi connectivity index (χ2n) is 5.91. The van der Waals surface area contributed by atoms with E-state index < -0.39 is 48.6 Å². The van der Waals surface area contributed by atoms with Crippen LogP contribution in [0.1, 0.15) is 31.1 Å². The molecule has 2 N–H and O–H groups in total. The summed E-state index contributed by atoms with van der Waals surface area (Å²) in [5, 5.41) is 0. The molecule has 0 saturated heterocycles. The van der Waals surface area contributed by atoms with Crippen LogP contribution in [-0.4, -0.2) is 47.6 Å². The summed E-state index contributed by atoms with van der Waals surface area (Å²) in [6.45, 7) is -1.40. The third-order valence-corrected chi connectivity index (χ3v) is 3.95. The largest absolute Gasteiger partial charge is 0.454 e. The van der Waals surface area contributed by atoms with Crippen LogP contribution < -0.4 is 10.9 Å². The highest BCUT2D eigenvalue weighted by molar-refractivity contribution is 6.22. The van der Waals surface area contributed by atoms with Crippen LogP contribution in [0.15, 0.2) is 48.5 Å². The van der Waals surface area contributed by atoms with Gasteiger partial charge in [-0.1, -0.05) is 12.1 Å². The molecule has 1 aliphatic heterocycles. The average Bonchev–Trinajstić information content (AvgIpc) is 2.96. The number of nitrogens with zero attached hydrogens (tertiary/aromatic N) is 1. The number of esters is 1. The monoisotopic (exact) mass is 399 g/mol. The average molecular weight is 399 g/mol. The van der Waals surface area contributed by atoms with Crippen LogP contribution in [0.25, 0.3) is 0 Å². The van der Waals surface area contributed by atoms with E-state index in [0.29, 0.717) is 0 Å². The Morgan fingerprint density at radius 3 is 2.07 bits per heavy atom. The molecule has 0 saturated carbocycles. The fourth-order valence-corrected chi connectivity index (χ4v) is 2.54. The Morgan fingerprint density at radius 2 is 1.48 bits per heavy atom. The van der Waals surface area contributed by atoms with Crippen LogP contribution in [0.3, 0.4) is 0 Å². The molecule has 9 nitrogen and oxygen atoms in total. The van der Waals surface area contributed by atoms with Crippen molar-refractivity contribution in [3.05, 3.63) is 71.0 Å². The van der Waals surface area contributed by atoms with Crippen molar-refractivity contribution in [3.8, 4) is 0 Å². The summed E-state index contributed by atoms with van der Waals surface area (Å²) in [5.41, 5.74) is 4.57. The first-order valence-corrected chi connectivity index (χ1v) is 8.32. The molecule has 3 rings (SSSR count). The Labute approximate surface area is 163 Å². The van der Waals surface area contributed by atoms with Gasteiger partial charge in [0.25, 0.3) is 23.6 Å². The number of hydrogen-bond acceptors (Lipinski definition) is 6. The number of carbonyl (C=O) groups excluding carboxylic acids is 5. The number of hydrogen-bond donors (Lipinski definition) is 2. The number of amides is 4. The number of benzene rings is 2. The van der Waals surface area contributed by atoms with Crippen LogP contribution in [0.5, 0.6) is 0 Å². The summed E-state index contributed by atoms with van der Waals surface area (Å²) >= 11 is 0. The number of ether oxygens (including phenoxy) is 1.